The highest BCUT2D eigenvalue weighted by atomic mass is 32.2. The number of rotatable bonds is 5. The molecule has 1 heterocycles. The van der Waals surface area contributed by atoms with Gasteiger partial charge in [-0.2, -0.15) is 5.10 Å². The standard InChI is InChI=1S/C21H27N3O3S2/c1-13(14-6-8-15(27-5)9-7-14)22-23-19(28)29-12-24-17(25)16-10-11-21(4,18(24)26)20(16,2)3/h6-9,16H,10-12H2,1-5H3,(H,23,28)/b22-13-/t16-,21-/m1/s1. The largest absolute Gasteiger partial charge is 0.497 e. The van der Waals surface area contributed by atoms with Crippen LogP contribution in [0.1, 0.15) is 46.1 Å². The first-order valence-corrected chi connectivity index (χ1v) is 11.0. The van der Waals surface area contributed by atoms with E-state index < -0.39 is 5.41 Å². The van der Waals surface area contributed by atoms with Crippen molar-refractivity contribution in [2.75, 3.05) is 13.0 Å². The summed E-state index contributed by atoms with van der Waals surface area (Å²) >= 11 is 6.57. The van der Waals surface area contributed by atoms with Crippen LogP contribution in [0.25, 0.3) is 0 Å². The molecular formula is C21H27N3O3S2. The summed E-state index contributed by atoms with van der Waals surface area (Å²) in [6, 6.07) is 7.56. The quantitative estimate of drug-likeness (QED) is 0.330. The van der Waals surface area contributed by atoms with E-state index in [1.807, 2.05) is 52.0 Å². The molecule has 2 amide bonds. The normalized spacial score (nSPS) is 25.9. The molecular weight excluding hydrogens is 406 g/mol. The molecule has 29 heavy (non-hydrogen) atoms. The number of hydrogen-bond donors (Lipinski definition) is 1. The lowest BCUT2D eigenvalue weighted by atomic mass is 9.62. The van der Waals surface area contributed by atoms with Gasteiger partial charge in [-0.15, -0.1) is 0 Å². The minimum absolute atomic E-state index is 0.0804. The first-order valence-electron chi connectivity index (χ1n) is 9.59. The summed E-state index contributed by atoms with van der Waals surface area (Å²) in [5.41, 5.74) is 3.76. The molecule has 156 valence electrons. The van der Waals surface area contributed by atoms with Crippen LogP contribution in [-0.2, 0) is 9.59 Å². The van der Waals surface area contributed by atoms with Gasteiger partial charge in [0.25, 0.3) is 0 Å². The van der Waals surface area contributed by atoms with E-state index in [0.717, 1.165) is 29.9 Å². The fraction of sp³-hybridized carbons (Fsp3) is 0.524. The zero-order valence-electron chi connectivity index (χ0n) is 17.4. The van der Waals surface area contributed by atoms with E-state index in [4.69, 9.17) is 17.0 Å². The van der Waals surface area contributed by atoms with Crippen LogP contribution < -0.4 is 10.2 Å². The van der Waals surface area contributed by atoms with E-state index in [2.05, 4.69) is 10.5 Å². The third-order valence-electron chi connectivity index (χ3n) is 6.66. The van der Waals surface area contributed by atoms with Crippen molar-refractivity contribution in [3.8, 4) is 5.75 Å². The Morgan fingerprint density at radius 2 is 1.97 bits per heavy atom. The maximum Gasteiger partial charge on any atom is 0.236 e. The summed E-state index contributed by atoms with van der Waals surface area (Å²) in [6.07, 6.45) is 1.52. The Balaban J connectivity index is 1.59. The van der Waals surface area contributed by atoms with Gasteiger partial charge >= 0.3 is 0 Å². The van der Waals surface area contributed by atoms with Crippen LogP contribution in [0.4, 0.5) is 0 Å². The Morgan fingerprint density at radius 3 is 2.59 bits per heavy atom. The lowest BCUT2D eigenvalue weighted by Gasteiger charge is -2.47. The predicted molar refractivity (Wildman–Crippen MR) is 120 cm³/mol. The molecule has 0 unspecified atom stereocenters. The lowest BCUT2D eigenvalue weighted by molar-refractivity contribution is -0.166. The van der Waals surface area contributed by atoms with Crippen molar-refractivity contribution in [1.82, 2.24) is 10.3 Å². The molecule has 1 saturated carbocycles. The molecule has 8 heteroatoms. The number of piperidine rings is 1. The summed E-state index contributed by atoms with van der Waals surface area (Å²) in [5, 5.41) is 4.31. The zero-order chi connectivity index (χ0) is 21.4. The number of carbonyl (C=O) groups is 2. The zero-order valence-corrected chi connectivity index (χ0v) is 19.1. The van der Waals surface area contributed by atoms with Gasteiger partial charge in [0, 0.05) is 5.92 Å². The maximum atomic E-state index is 13.0. The predicted octanol–water partition coefficient (Wildman–Crippen LogP) is 3.80. The second-order valence-corrected chi connectivity index (χ2v) is 9.94. The first-order chi connectivity index (χ1) is 13.6. The van der Waals surface area contributed by atoms with E-state index in [-0.39, 0.29) is 29.0 Å². The topological polar surface area (TPSA) is 71.0 Å². The van der Waals surface area contributed by atoms with Crippen LogP contribution in [-0.4, -0.2) is 39.7 Å². The minimum atomic E-state index is -0.496. The van der Waals surface area contributed by atoms with Gasteiger partial charge in [-0.05, 0) is 55.0 Å². The van der Waals surface area contributed by atoms with Crippen molar-refractivity contribution in [3.63, 3.8) is 0 Å². The summed E-state index contributed by atoms with van der Waals surface area (Å²) in [7, 11) is 1.62. The van der Waals surface area contributed by atoms with Crippen molar-refractivity contribution in [2.45, 2.75) is 40.5 Å². The highest BCUT2D eigenvalue weighted by Gasteiger charge is 2.64. The highest BCUT2D eigenvalue weighted by molar-refractivity contribution is 8.22. The molecule has 1 N–H and O–H groups in total. The number of hydrazone groups is 1. The molecule has 2 aliphatic rings. The summed E-state index contributed by atoms with van der Waals surface area (Å²) in [6.45, 7) is 7.93. The van der Waals surface area contributed by atoms with Crippen LogP contribution in [0.3, 0.4) is 0 Å². The molecule has 2 atom stereocenters. The number of carbonyl (C=O) groups excluding carboxylic acids is 2. The van der Waals surface area contributed by atoms with Gasteiger partial charge in [0.1, 0.15) is 5.75 Å². The number of likely N-dealkylation sites (tertiary alicyclic amines) is 1. The lowest BCUT2D eigenvalue weighted by Crippen LogP contribution is -2.58. The Morgan fingerprint density at radius 1 is 1.31 bits per heavy atom. The van der Waals surface area contributed by atoms with Gasteiger partial charge in [-0.1, -0.05) is 44.8 Å². The third-order valence-corrected chi connectivity index (χ3v) is 7.84. The van der Waals surface area contributed by atoms with Crippen LogP contribution >= 0.6 is 24.0 Å². The molecule has 1 saturated heterocycles. The van der Waals surface area contributed by atoms with Crippen LogP contribution in [0.5, 0.6) is 5.75 Å². The second kappa shape index (κ2) is 8.07. The fourth-order valence-electron chi connectivity index (χ4n) is 4.21. The Kier molecular flexibility index (Phi) is 6.06. The fourth-order valence-corrected chi connectivity index (χ4v) is 5.01. The number of thioether (sulfide) groups is 1. The van der Waals surface area contributed by atoms with Crippen molar-refractivity contribution in [1.29, 1.82) is 0 Å². The third kappa shape index (κ3) is 3.80. The van der Waals surface area contributed by atoms with Crippen LogP contribution in [0.15, 0.2) is 29.4 Å². The number of nitrogens with one attached hydrogen (secondary N) is 1. The van der Waals surface area contributed by atoms with Gasteiger partial charge in [0.2, 0.25) is 11.8 Å². The number of nitrogens with zero attached hydrogens (tertiary/aromatic N) is 2. The summed E-state index contributed by atoms with van der Waals surface area (Å²) < 4.78 is 5.57. The molecule has 0 spiro atoms. The van der Waals surface area contributed by atoms with E-state index in [9.17, 15) is 9.59 Å². The molecule has 1 aromatic rings. The number of imide groups is 1. The van der Waals surface area contributed by atoms with Gasteiger partial charge in [-0.25, -0.2) is 0 Å². The number of thiocarbonyl (C=S) groups is 1. The monoisotopic (exact) mass is 433 g/mol. The number of fused-ring (bicyclic) bond motifs is 2. The average Bonchev–Trinajstić information content (AvgIpc) is 2.89. The second-order valence-electron chi connectivity index (χ2n) is 8.31. The molecule has 0 radical (unpaired) electrons. The van der Waals surface area contributed by atoms with Gasteiger partial charge in [0.15, 0.2) is 4.32 Å². The van der Waals surface area contributed by atoms with Crippen LogP contribution in [0.2, 0.25) is 0 Å². The van der Waals surface area contributed by atoms with Crippen molar-refractivity contribution in [2.24, 2.45) is 21.8 Å². The van der Waals surface area contributed by atoms with Crippen LogP contribution in [0, 0.1) is 16.7 Å². The molecule has 6 nitrogen and oxygen atoms in total. The van der Waals surface area contributed by atoms with Gasteiger partial charge in [-0.3, -0.25) is 19.9 Å². The number of hydrogen-bond acceptors (Lipinski definition) is 6. The van der Waals surface area contributed by atoms with Crippen molar-refractivity contribution < 1.29 is 14.3 Å². The summed E-state index contributed by atoms with van der Waals surface area (Å²) in [5.74, 6) is 0.714. The van der Waals surface area contributed by atoms with E-state index in [1.165, 1.54) is 16.7 Å². The number of methoxy groups -OCH3 is 1. The molecule has 1 aliphatic carbocycles. The SMILES string of the molecule is COc1ccc(/C(C)=N\NC(=S)SCN2C(=O)[C@H]3CC[C@](C)(C2=O)C3(C)C)cc1. The molecule has 2 bridgehead atoms. The molecule has 1 aliphatic heterocycles. The Bertz CT molecular complexity index is 866. The van der Waals surface area contributed by atoms with Gasteiger partial charge in [0.05, 0.1) is 24.1 Å². The number of amides is 2. The van der Waals surface area contributed by atoms with Crippen molar-refractivity contribution in [3.05, 3.63) is 29.8 Å². The minimum Gasteiger partial charge on any atom is -0.497 e. The summed E-state index contributed by atoms with van der Waals surface area (Å²) in [4.78, 5) is 27.3. The number of benzene rings is 1. The van der Waals surface area contributed by atoms with E-state index >= 15 is 0 Å². The Labute approximate surface area is 181 Å². The first kappa shape index (κ1) is 21.8. The molecule has 0 aromatic heterocycles. The highest BCUT2D eigenvalue weighted by Crippen LogP contribution is 2.60. The van der Waals surface area contributed by atoms with Gasteiger partial charge < -0.3 is 4.74 Å². The van der Waals surface area contributed by atoms with Crippen molar-refractivity contribution >= 4 is 45.8 Å². The maximum absolute atomic E-state index is 13.0. The number of ether oxygens (including phenoxy) is 1. The van der Waals surface area contributed by atoms with E-state index in [1.54, 1.807) is 7.11 Å². The average molecular weight is 434 g/mol. The smallest absolute Gasteiger partial charge is 0.236 e. The molecule has 3 rings (SSSR count). The Hall–Kier alpha value is -1.93. The molecule has 2 fully saturated rings. The molecule has 1 aromatic carbocycles. The van der Waals surface area contributed by atoms with E-state index in [0.29, 0.717) is 4.32 Å².